The zero-order valence-corrected chi connectivity index (χ0v) is 11.9. The highest BCUT2D eigenvalue weighted by atomic mass is 16.5. The molecule has 5 nitrogen and oxygen atoms in total. The van der Waals surface area contributed by atoms with E-state index in [2.05, 4.69) is 5.32 Å². The molecule has 0 unspecified atom stereocenters. The van der Waals surface area contributed by atoms with Gasteiger partial charge in [-0.3, -0.25) is 9.69 Å². The maximum Gasteiger partial charge on any atom is 0.238 e. The van der Waals surface area contributed by atoms with E-state index in [9.17, 15) is 9.90 Å². The fourth-order valence-electron chi connectivity index (χ4n) is 1.49. The molecular formula is C14H22N2O3. The van der Waals surface area contributed by atoms with Gasteiger partial charge in [0, 0.05) is 5.54 Å². The number of benzene rings is 1. The first kappa shape index (κ1) is 15.5. The number of rotatable bonds is 6. The third kappa shape index (κ3) is 4.22. The second-order valence-electron chi connectivity index (χ2n) is 5.08. The van der Waals surface area contributed by atoms with Gasteiger partial charge < -0.3 is 15.2 Å². The van der Waals surface area contributed by atoms with Gasteiger partial charge in [-0.15, -0.1) is 0 Å². The first-order valence-electron chi connectivity index (χ1n) is 6.15. The van der Waals surface area contributed by atoms with Crippen LogP contribution < -0.4 is 10.1 Å². The van der Waals surface area contributed by atoms with Crippen LogP contribution in [0, 0.1) is 0 Å². The average molecular weight is 266 g/mol. The average Bonchev–Trinajstić information content (AvgIpc) is 2.39. The highest BCUT2D eigenvalue weighted by molar-refractivity contribution is 5.93. The third-order valence-electron chi connectivity index (χ3n) is 3.18. The number of aliphatic hydroxyl groups excluding tert-OH is 1. The molecule has 2 N–H and O–H groups in total. The first-order chi connectivity index (χ1) is 8.90. The lowest BCUT2D eigenvalue weighted by Crippen LogP contribution is -2.47. The number of ether oxygens (including phenoxy) is 1. The van der Waals surface area contributed by atoms with E-state index in [1.165, 1.54) is 0 Å². The summed E-state index contributed by atoms with van der Waals surface area (Å²) < 4.78 is 5.17. The topological polar surface area (TPSA) is 61.8 Å². The van der Waals surface area contributed by atoms with Crippen molar-refractivity contribution in [3.63, 3.8) is 0 Å². The van der Waals surface area contributed by atoms with Crippen LogP contribution in [0.3, 0.4) is 0 Å². The monoisotopic (exact) mass is 266 g/mol. The SMILES string of the molecule is COc1ccccc1NC(=O)CN(C)C(C)(C)CO. The van der Waals surface area contributed by atoms with Crippen LogP contribution in [0.25, 0.3) is 0 Å². The second kappa shape index (κ2) is 6.54. The molecular weight excluding hydrogens is 244 g/mol. The van der Waals surface area contributed by atoms with Crippen LogP contribution in [0.4, 0.5) is 5.69 Å². The van der Waals surface area contributed by atoms with Crippen molar-refractivity contribution in [2.45, 2.75) is 19.4 Å². The van der Waals surface area contributed by atoms with E-state index in [1.807, 2.05) is 26.0 Å². The molecule has 1 aromatic rings. The molecule has 1 aromatic carbocycles. The van der Waals surface area contributed by atoms with E-state index in [0.29, 0.717) is 11.4 Å². The van der Waals surface area contributed by atoms with Crippen molar-refractivity contribution in [1.82, 2.24) is 4.90 Å². The number of hydrogen-bond donors (Lipinski definition) is 2. The van der Waals surface area contributed by atoms with Crippen LogP contribution in [0.1, 0.15) is 13.8 Å². The first-order valence-corrected chi connectivity index (χ1v) is 6.15. The van der Waals surface area contributed by atoms with Gasteiger partial charge in [0.25, 0.3) is 0 Å². The minimum Gasteiger partial charge on any atom is -0.495 e. The van der Waals surface area contributed by atoms with Crippen molar-refractivity contribution >= 4 is 11.6 Å². The molecule has 0 fully saturated rings. The Morgan fingerprint density at radius 3 is 2.63 bits per heavy atom. The number of likely N-dealkylation sites (N-methyl/N-ethyl adjacent to an activating group) is 1. The summed E-state index contributed by atoms with van der Waals surface area (Å²) in [7, 11) is 3.37. The van der Waals surface area contributed by atoms with E-state index in [0.717, 1.165) is 0 Å². The van der Waals surface area contributed by atoms with Crippen molar-refractivity contribution in [3.8, 4) is 5.75 Å². The van der Waals surface area contributed by atoms with Crippen molar-refractivity contribution in [2.24, 2.45) is 0 Å². The number of para-hydroxylation sites is 2. The van der Waals surface area contributed by atoms with Crippen LogP contribution in [-0.4, -0.2) is 48.8 Å². The van der Waals surface area contributed by atoms with E-state index in [1.54, 1.807) is 31.2 Å². The number of carbonyl (C=O) groups excluding carboxylic acids is 1. The minimum atomic E-state index is -0.432. The van der Waals surface area contributed by atoms with Gasteiger partial charge in [-0.25, -0.2) is 0 Å². The molecule has 5 heteroatoms. The molecule has 1 amide bonds. The van der Waals surface area contributed by atoms with Crippen molar-refractivity contribution < 1.29 is 14.6 Å². The largest absolute Gasteiger partial charge is 0.495 e. The summed E-state index contributed by atoms with van der Waals surface area (Å²) in [4.78, 5) is 13.8. The van der Waals surface area contributed by atoms with Gasteiger partial charge >= 0.3 is 0 Å². The predicted molar refractivity (Wildman–Crippen MR) is 75.4 cm³/mol. The number of aliphatic hydroxyl groups is 1. The van der Waals surface area contributed by atoms with Crippen LogP contribution in [0.5, 0.6) is 5.75 Å². The zero-order chi connectivity index (χ0) is 14.5. The molecule has 0 saturated heterocycles. The number of hydrogen-bond acceptors (Lipinski definition) is 4. The maximum absolute atomic E-state index is 12.0. The fourth-order valence-corrected chi connectivity index (χ4v) is 1.49. The Bertz CT molecular complexity index is 432. The molecule has 106 valence electrons. The van der Waals surface area contributed by atoms with Gasteiger partial charge in [-0.05, 0) is 33.0 Å². The molecule has 0 atom stereocenters. The van der Waals surface area contributed by atoms with Crippen LogP contribution in [0.15, 0.2) is 24.3 Å². The zero-order valence-electron chi connectivity index (χ0n) is 11.9. The molecule has 0 aliphatic carbocycles. The van der Waals surface area contributed by atoms with Crippen molar-refractivity contribution in [3.05, 3.63) is 24.3 Å². The number of methoxy groups -OCH3 is 1. The minimum absolute atomic E-state index is 0.00849. The molecule has 0 spiro atoms. The number of nitrogens with one attached hydrogen (secondary N) is 1. The number of amides is 1. The molecule has 0 aromatic heterocycles. The highest BCUT2D eigenvalue weighted by Gasteiger charge is 2.24. The quantitative estimate of drug-likeness (QED) is 0.815. The Morgan fingerprint density at radius 1 is 1.42 bits per heavy atom. The molecule has 0 heterocycles. The van der Waals surface area contributed by atoms with E-state index in [-0.39, 0.29) is 19.1 Å². The van der Waals surface area contributed by atoms with E-state index < -0.39 is 5.54 Å². The van der Waals surface area contributed by atoms with Crippen LogP contribution >= 0.6 is 0 Å². The highest BCUT2D eigenvalue weighted by Crippen LogP contribution is 2.23. The molecule has 0 radical (unpaired) electrons. The smallest absolute Gasteiger partial charge is 0.238 e. The summed E-state index contributed by atoms with van der Waals surface area (Å²) in [6.45, 7) is 3.95. The molecule has 0 aliphatic heterocycles. The lowest BCUT2D eigenvalue weighted by Gasteiger charge is -2.33. The Hall–Kier alpha value is -1.59. The summed E-state index contributed by atoms with van der Waals surface area (Å²) >= 11 is 0. The van der Waals surface area contributed by atoms with Gasteiger partial charge in [0.15, 0.2) is 0 Å². The summed E-state index contributed by atoms with van der Waals surface area (Å²) in [5.41, 5.74) is 0.211. The molecule has 1 rings (SSSR count). The normalized spacial score (nSPS) is 11.5. The van der Waals surface area contributed by atoms with Gasteiger partial charge in [0.05, 0.1) is 25.9 Å². The maximum atomic E-state index is 12.0. The third-order valence-corrected chi connectivity index (χ3v) is 3.18. The van der Waals surface area contributed by atoms with Gasteiger partial charge in [0.1, 0.15) is 5.75 Å². The summed E-state index contributed by atoms with van der Waals surface area (Å²) in [6, 6.07) is 7.25. The number of nitrogens with zero attached hydrogens (tertiary/aromatic N) is 1. The van der Waals surface area contributed by atoms with Crippen LogP contribution in [-0.2, 0) is 4.79 Å². The van der Waals surface area contributed by atoms with E-state index >= 15 is 0 Å². The van der Waals surface area contributed by atoms with Gasteiger partial charge in [-0.1, -0.05) is 12.1 Å². The fraction of sp³-hybridized carbons (Fsp3) is 0.500. The number of carbonyl (C=O) groups is 1. The van der Waals surface area contributed by atoms with Crippen LogP contribution in [0.2, 0.25) is 0 Å². The van der Waals surface area contributed by atoms with Crippen molar-refractivity contribution in [2.75, 3.05) is 32.6 Å². The molecule has 0 bridgehead atoms. The number of anilines is 1. The second-order valence-corrected chi connectivity index (χ2v) is 5.08. The summed E-state index contributed by atoms with van der Waals surface area (Å²) in [6.07, 6.45) is 0. The Morgan fingerprint density at radius 2 is 2.05 bits per heavy atom. The van der Waals surface area contributed by atoms with Gasteiger partial charge in [-0.2, -0.15) is 0 Å². The lowest BCUT2D eigenvalue weighted by molar-refractivity contribution is -0.118. The molecule has 0 aliphatic rings. The molecule has 0 saturated carbocycles. The predicted octanol–water partition coefficient (Wildman–Crippen LogP) is 1.34. The Kier molecular flexibility index (Phi) is 5.32. The Balaban J connectivity index is 2.66. The standard InChI is InChI=1S/C14H22N2O3/c1-14(2,10-17)16(3)9-13(18)15-11-7-5-6-8-12(11)19-4/h5-8,17H,9-10H2,1-4H3,(H,15,18). The Labute approximate surface area is 114 Å². The van der Waals surface area contributed by atoms with Crippen molar-refractivity contribution in [1.29, 1.82) is 0 Å². The van der Waals surface area contributed by atoms with Gasteiger partial charge in [0.2, 0.25) is 5.91 Å². The summed E-state index contributed by atoms with van der Waals surface area (Å²) in [5, 5.41) is 12.1. The van der Waals surface area contributed by atoms with E-state index in [4.69, 9.17) is 4.74 Å². The molecule has 19 heavy (non-hydrogen) atoms. The summed E-state index contributed by atoms with van der Waals surface area (Å²) in [5.74, 6) is 0.480. The lowest BCUT2D eigenvalue weighted by atomic mass is 10.1.